The van der Waals surface area contributed by atoms with Gasteiger partial charge in [0.2, 0.25) is 17.8 Å². The van der Waals surface area contributed by atoms with Crippen LogP contribution in [0, 0.1) is 0 Å². The van der Waals surface area contributed by atoms with Crippen LogP contribution in [-0.2, 0) is 0 Å². The van der Waals surface area contributed by atoms with Crippen molar-refractivity contribution in [2.24, 2.45) is 0 Å². The van der Waals surface area contributed by atoms with E-state index in [1.54, 1.807) is 0 Å². The number of hydrogen-bond donors (Lipinski definition) is 6. The summed E-state index contributed by atoms with van der Waals surface area (Å²) in [5.41, 5.74) is 10.7. The standard InChI is InChI=1S/C6H14N6O3Si/c7-4-10-5(8)12-6(11-4)9-2-1-3-16(13,14)15/h13-15H,1-3H2,(H5,7,8,9,10,11,12). The molecule has 9 nitrogen and oxygen atoms in total. The minimum atomic E-state index is -3.96. The van der Waals surface area contributed by atoms with Gasteiger partial charge in [0.25, 0.3) is 0 Å². The molecular formula is C6H14N6O3Si. The first-order valence-electron chi connectivity index (χ1n) is 4.55. The molecule has 0 bridgehead atoms. The smallest absolute Gasteiger partial charge is 0.390 e. The van der Waals surface area contributed by atoms with Gasteiger partial charge in [-0.1, -0.05) is 0 Å². The van der Waals surface area contributed by atoms with Gasteiger partial charge in [0.05, 0.1) is 0 Å². The lowest BCUT2D eigenvalue weighted by Gasteiger charge is -2.09. The van der Waals surface area contributed by atoms with E-state index in [0.29, 0.717) is 13.0 Å². The lowest BCUT2D eigenvalue weighted by atomic mass is 10.5. The third-order valence-electron chi connectivity index (χ3n) is 1.64. The molecule has 1 aromatic heterocycles. The van der Waals surface area contributed by atoms with Gasteiger partial charge in [-0.15, -0.1) is 0 Å². The summed E-state index contributed by atoms with van der Waals surface area (Å²) in [6, 6.07) is -0.0595. The van der Waals surface area contributed by atoms with Crippen LogP contribution in [0.3, 0.4) is 0 Å². The molecule has 10 heteroatoms. The highest BCUT2D eigenvalue weighted by atomic mass is 28.4. The Morgan fingerprint density at radius 3 is 2.12 bits per heavy atom. The molecule has 0 aliphatic heterocycles. The summed E-state index contributed by atoms with van der Waals surface area (Å²) in [7, 11) is -3.96. The van der Waals surface area contributed by atoms with Crippen LogP contribution in [0.25, 0.3) is 0 Å². The van der Waals surface area contributed by atoms with Crippen molar-refractivity contribution in [1.29, 1.82) is 0 Å². The molecule has 8 N–H and O–H groups in total. The summed E-state index contributed by atoms with van der Waals surface area (Å²) in [5.74, 6) is 0.224. The van der Waals surface area contributed by atoms with Gasteiger partial charge in [0.1, 0.15) is 0 Å². The van der Waals surface area contributed by atoms with Crippen LogP contribution < -0.4 is 16.8 Å². The van der Waals surface area contributed by atoms with E-state index in [2.05, 4.69) is 20.3 Å². The van der Waals surface area contributed by atoms with E-state index in [0.717, 1.165) is 0 Å². The Balaban J connectivity index is 2.37. The quantitative estimate of drug-likeness (QED) is 0.249. The first-order valence-corrected chi connectivity index (χ1v) is 6.60. The Bertz CT molecular complexity index is 336. The molecule has 0 aromatic carbocycles. The number of rotatable bonds is 5. The topological polar surface area (TPSA) is 163 Å². The fourth-order valence-corrected chi connectivity index (χ4v) is 1.67. The van der Waals surface area contributed by atoms with Crippen molar-refractivity contribution in [3.8, 4) is 0 Å². The lowest BCUT2D eigenvalue weighted by Crippen LogP contribution is -2.34. The summed E-state index contributed by atoms with van der Waals surface area (Å²) in [6.07, 6.45) is 0.362. The summed E-state index contributed by atoms with van der Waals surface area (Å²) in [6.45, 7) is 0.360. The van der Waals surface area contributed by atoms with Gasteiger partial charge in [-0.2, -0.15) is 15.0 Å². The van der Waals surface area contributed by atoms with Gasteiger partial charge in [-0.3, -0.25) is 0 Å². The largest absolute Gasteiger partial charge is 0.492 e. The Kier molecular flexibility index (Phi) is 3.95. The van der Waals surface area contributed by atoms with Gasteiger partial charge in [0.15, 0.2) is 0 Å². The van der Waals surface area contributed by atoms with Crippen LogP contribution in [0.5, 0.6) is 0 Å². The van der Waals surface area contributed by atoms with Crippen LogP contribution >= 0.6 is 0 Å². The molecule has 0 unspecified atom stereocenters. The summed E-state index contributed by atoms with van der Waals surface area (Å²) < 4.78 is 0. The molecule has 1 rings (SSSR count). The highest BCUT2D eigenvalue weighted by Gasteiger charge is 2.25. The zero-order valence-electron chi connectivity index (χ0n) is 8.46. The zero-order chi connectivity index (χ0) is 12.2. The fraction of sp³-hybridized carbons (Fsp3) is 0.500. The Labute approximate surface area is 92.5 Å². The number of anilines is 3. The molecule has 0 atom stereocenters. The first kappa shape index (κ1) is 12.6. The maximum Gasteiger partial charge on any atom is 0.492 e. The van der Waals surface area contributed by atoms with E-state index in [-0.39, 0.29) is 23.9 Å². The Morgan fingerprint density at radius 1 is 1.06 bits per heavy atom. The molecule has 0 saturated heterocycles. The van der Waals surface area contributed by atoms with Crippen molar-refractivity contribution >= 4 is 26.6 Å². The van der Waals surface area contributed by atoms with E-state index < -0.39 is 8.80 Å². The number of nitrogens with two attached hydrogens (primary N) is 2. The molecule has 1 heterocycles. The summed E-state index contributed by atoms with van der Waals surface area (Å²) >= 11 is 0. The lowest BCUT2D eigenvalue weighted by molar-refractivity contribution is 0.227. The van der Waals surface area contributed by atoms with Crippen molar-refractivity contribution in [3.05, 3.63) is 0 Å². The van der Waals surface area contributed by atoms with Gasteiger partial charge in [-0.05, 0) is 6.42 Å². The van der Waals surface area contributed by atoms with E-state index in [9.17, 15) is 0 Å². The second-order valence-corrected chi connectivity index (χ2v) is 5.23. The molecule has 0 saturated carbocycles. The predicted molar refractivity (Wildman–Crippen MR) is 59.0 cm³/mol. The second kappa shape index (κ2) is 5.02. The monoisotopic (exact) mass is 246 g/mol. The molecule has 0 aliphatic rings. The number of nitrogens with zero attached hydrogens (tertiary/aromatic N) is 3. The number of nitrogens with one attached hydrogen (secondary N) is 1. The summed E-state index contributed by atoms with van der Waals surface area (Å²) in [4.78, 5) is 37.3. The number of hydrogen-bond acceptors (Lipinski definition) is 9. The molecule has 0 spiro atoms. The normalized spacial score (nSPS) is 11.4. The van der Waals surface area contributed by atoms with Crippen LogP contribution in [0.4, 0.5) is 17.8 Å². The number of aromatic nitrogens is 3. The second-order valence-electron chi connectivity index (χ2n) is 3.18. The third-order valence-corrected chi connectivity index (χ3v) is 2.67. The Morgan fingerprint density at radius 2 is 1.62 bits per heavy atom. The fourth-order valence-electron chi connectivity index (χ4n) is 1.01. The molecule has 1 aromatic rings. The van der Waals surface area contributed by atoms with E-state index in [1.165, 1.54) is 0 Å². The average molecular weight is 246 g/mol. The third kappa shape index (κ3) is 4.84. The molecule has 90 valence electrons. The molecule has 0 radical (unpaired) electrons. The SMILES string of the molecule is Nc1nc(N)nc(NCCC[Si](O)(O)O)n1. The average Bonchev–Trinajstić information content (AvgIpc) is 2.09. The highest BCUT2D eigenvalue weighted by molar-refractivity contribution is 6.56. The molecule has 0 fully saturated rings. The van der Waals surface area contributed by atoms with Gasteiger partial charge >= 0.3 is 8.80 Å². The number of nitrogen functional groups attached to an aromatic ring is 2. The van der Waals surface area contributed by atoms with Crippen molar-refractivity contribution in [2.45, 2.75) is 12.5 Å². The van der Waals surface area contributed by atoms with Gasteiger partial charge in [-0.25, -0.2) is 0 Å². The van der Waals surface area contributed by atoms with Crippen LogP contribution in [0.2, 0.25) is 6.04 Å². The van der Waals surface area contributed by atoms with Crippen molar-refractivity contribution in [1.82, 2.24) is 15.0 Å². The maximum absolute atomic E-state index is 8.74. The summed E-state index contributed by atoms with van der Waals surface area (Å²) in [5, 5.41) is 2.77. The van der Waals surface area contributed by atoms with Crippen LogP contribution in [-0.4, -0.2) is 44.7 Å². The van der Waals surface area contributed by atoms with E-state index in [4.69, 9.17) is 25.9 Å². The zero-order valence-corrected chi connectivity index (χ0v) is 9.46. The molecule has 0 aliphatic carbocycles. The first-order chi connectivity index (χ1) is 7.37. The van der Waals surface area contributed by atoms with Crippen LogP contribution in [0.15, 0.2) is 0 Å². The predicted octanol–water partition coefficient (Wildman–Crippen LogP) is -2.25. The molecule has 0 amide bonds. The Hall–Kier alpha value is -1.49. The van der Waals surface area contributed by atoms with E-state index in [1.807, 2.05) is 0 Å². The van der Waals surface area contributed by atoms with Gasteiger partial charge < -0.3 is 31.2 Å². The maximum atomic E-state index is 8.74. The molecule has 16 heavy (non-hydrogen) atoms. The van der Waals surface area contributed by atoms with E-state index >= 15 is 0 Å². The highest BCUT2D eigenvalue weighted by Crippen LogP contribution is 2.05. The van der Waals surface area contributed by atoms with Crippen molar-refractivity contribution in [3.63, 3.8) is 0 Å². The van der Waals surface area contributed by atoms with Gasteiger partial charge in [0, 0.05) is 12.6 Å². The minimum Gasteiger partial charge on any atom is -0.390 e. The van der Waals surface area contributed by atoms with Crippen molar-refractivity contribution in [2.75, 3.05) is 23.3 Å². The minimum absolute atomic E-state index is 0.00481. The molecular weight excluding hydrogens is 232 g/mol. The van der Waals surface area contributed by atoms with Crippen molar-refractivity contribution < 1.29 is 14.4 Å². The van der Waals surface area contributed by atoms with Crippen LogP contribution in [0.1, 0.15) is 6.42 Å².